The van der Waals surface area contributed by atoms with Gasteiger partial charge < -0.3 is 5.32 Å². The number of hydrogen-bond donors (Lipinski definition) is 1. The molecule has 1 unspecified atom stereocenters. The van der Waals surface area contributed by atoms with Crippen LogP contribution < -0.4 is 5.32 Å². The maximum atomic E-state index is 6.13. The maximum absolute atomic E-state index is 6.13. The van der Waals surface area contributed by atoms with Crippen molar-refractivity contribution in [3.63, 3.8) is 0 Å². The van der Waals surface area contributed by atoms with Crippen molar-refractivity contribution in [3.05, 3.63) is 54.1 Å². The van der Waals surface area contributed by atoms with Crippen LogP contribution in [0.1, 0.15) is 23.4 Å². The molecule has 1 nitrogen and oxygen atoms in total. The molecule has 0 aliphatic rings. The van der Waals surface area contributed by atoms with Gasteiger partial charge in [-0.1, -0.05) is 46.6 Å². The van der Waals surface area contributed by atoms with E-state index in [9.17, 15) is 0 Å². The van der Waals surface area contributed by atoms with Crippen molar-refractivity contribution in [2.24, 2.45) is 0 Å². The summed E-state index contributed by atoms with van der Waals surface area (Å²) in [4.78, 5) is 1.21. The van der Waals surface area contributed by atoms with E-state index < -0.39 is 0 Å². The highest BCUT2D eigenvalue weighted by molar-refractivity contribution is 9.10. The van der Waals surface area contributed by atoms with Gasteiger partial charge in [0.1, 0.15) is 4.34 Å². The average Bonchev–Trinajstić information content (AvgIpc) is 2.66. The van der Waals surface area contributed by atoms with Gasteiger partial charge in [0.05, 0.1) is 6.04 Å². The molecule has 1 aromatic carbocycles. The second-order valence-electron chi connectivity index (χ2n) is 3.82. The minimum atomic E-state index is 0.182. The highest BCUT2D eigenvalue weighted by Crippen LogP contribution is 2.37. The van der Waals surface area contributed by atoms with Gasteiger partial charge >= 0.3 is 0 Å². The Morgan fingerprint density at radius 1 is 1.33 bits per heavy atom. The molecule has 1 atom stereocenters. The van der Waals surface area contributed by atoms with E-state index in [1.165, 1.54) is 10.4 Å². The molecule has 0 aliphatic carbocycles. The maximum Gasteiger partial charge on any atom is 0.107 e. The fourth-order valence-corrected chi connectivity index (χ4v) is 4.04. The molecular weight excluding hydrogens is 397 g/mol. The first kappa shape index (κ1) is 14.5. The number of rotatable bonds is 4. The van der Waals surface area contributed by atoms with E-state index in [0.29, 0.717) is 0 Å². The Hall–Kier alpha value is 0.130. The number of benzene rings is 1. The Morgan fingerprint density at radius 2 is 2.11 bits per heavy atom. The van der Waals surface area contributed by atoms with Gasteiger partial charge in [-0.15, -0.1) is 11.3 Å². The minimum Gasteiger partial charge on any atom is -0.306 e. The molecule has 1 heterocycles. The monoisotopic (exact) mass is 407 g/mol. The fraction of sp³-hybridized carbons (Fsp3) is 0.231. The number of hydrogen-bond acceptors (Lipinski definition) is 2. The van der Waals surface area contributed by atoms with Crippen LogP contribution in [-0.2, 0) is 0 Å². The molecule has 0 fully saturated rings. The van der Waals surface area contributed by atoms with Crippen LogP contribution in [-0.4, -0.2) is 6.54 Å². The van der Waals surface area contributed by atoms with Gasteiger partial charge in [0.2, 0.25) is 0 Å². The predicted molar refractivity (Wildman–Crippen MR) is 86.7 cm³/mol. The van der Waals surface area contributed by atoms with Crippen LogP contribution in [0, 0.1) is 0 Å². The molecular formula is C13H12Br2ClNS. The van der Waals surface area contributed by atoms with Crippen LogP contribution in [0.15, 0.2) is 39.3 Å². The quantitative estimate of drug-likeness (QED) is 0.690. The molecule has 96 valence electrons. The lowest BCUT2D eigenvalue weighted by Crippen LogP contribution is -2.21. The second-order valence-corrected chi connectivity index (χ2v) is 7.27. The molecule has 1 N–H and O–H groups in total. The first-order valence-corrected chi connectivity index (χ1v) is 8.33. The summed E-state index contributed by atoms with van der Waals surface area (Å²) in [5.74, 6) is 0. The third-order valence-corrected chi connectivity index (χ3v) is 5.57. The highest BCUT2D eigenvalue weighted by atomic mass is 79.9. The van der Waals surface area contributed by atoms with Gasteiger partial charge in [0.15, 0.2) is 0 Å². The number of nitrogens with one attached hydrogen (secondary N) is 1. The van der Waals surface area contributed by atoms with E-state index in [0.717, 1.165) is 19.8 Å². The number of thiophene rings is 1. The average molecular weight is 410 g/mol. The zero-order chi connectivity index (χ0) is 13.1. The van der Waals surface area contributed by atoms with Crippen molar-refractivity contribution in [2.75, 3.05) is 6.54 Å². The van der Waals surface area contributed by atoms with E-state index >= 15 is 0 Å². The molecule has 0 amide bonds. The Labute approximate surface area is 133 Å². The summed E-state index contributed by atoms with van der Waals surface area (Å²) < 4.78 is 2.84. The molecule has 0 saturated heterocycles. The molecule has 0 saturated carbocycles. The van der Waals surface area contributed by atoms with Gasteiger partial charge in [-0.3, -0.25) is 0 Å². The molecule has 0 aliphatic heterocycles. The van der Waals surface area contributed by atoms with Crippen molar-refractivity contribution < 1.29 is 0 Å². The Bertz CT molecular complexity index is 522. The van der Waals surface area contributed by atoms with Gasteiger partial charge in [0, 0.05) is 13.8 Å². The van der Waals surface area contributed by atoms with Crippen molar-refractivity contribution in [3.8, 4) is 0 Å². The molecule has 0 bridgehead atoms. The fourth-order valence-electron chi connectivity index (χ4n) is 1.78. The summed E-state index contributed by atoms with van der Waals surface area (Å²) in [7, 11) is 0. The third-order valence-electron chi connectivity index (χ3n) is 2.54. The lowest BCUT2D eigenvalue weighted by atomic mass is 10.1. The Morgan fingerprint density at radius 3 is 2.67 bits per heavy atom. The van der Waals surface area contributed by atoms with Crippen molar-refractivity contribution in [1.82, 2.24) is 5.32 Å². The smallest absolute Gasteiger partial charge is 0.107 e. The predicted octanol–water partition coefficient (Wildman–Crippen LogP) is 5.63. The largest absolute Gasteiger partial charge is 0.306 e. The summed E-state index contributed by atoms with van der Waals surface area (Å²) in [5.41, 5.74) is 1.23. The second kappa shape index (κ2) is 6.53. The van der Waals surface area contributed by atoms with Crippen LogP contribution in [0.3, 0.4) is 0 Å². The minimum absolute atomic E-state index is 0.182. The first-order valence-electron chi connectivity index (χ1n) is 5.55. The Kier molecular flexibility index (Phi) is 5.27. The van der Waals surface area contributed by atoms with Gasteiger partial charge in [0.25, 0.3) is 0 Å². The third kappa shape index (κ3) is 3.36. The molecule has 5 heteroatoms. The van der Waals surface area contributed by atoms with Crippen LogP contribution in [0.25, 0.3) is 0 Å². The lowest BCUT2D eigenvalue weighted by Gasteiger charge is -2.17. The summed E-state index contributed by atoms with van der Waals surface area (Å²) in [6.07, 6.45) is 0. The molecule has 0 radical (unpaired) electrons. The molecule has 18 heavy (non-hydrogen) atoms. The van der Waals surface area contributed by atoms with Crippen LogP contribution in [0.2, 0.25) is 4.34 Å². The first-order chi connectivity index (χ1) is 8.61. The standard InChI is InChI=1S/C13H12Br2ClNS/c1-2-17-12(8-4-3-5-9(14)6-8)11-7-10(15)13(16)18-11/h3-7,12,17H,2H2,1H3. The summed E-state index contributed by atoms with van der Waals surface area (Å²) in [5, 5.41) is 3.49. The van der Waals surface area contributed by atoms with Crippen LogP contribution in [0.4, 0.5) is 0 Å². The number of halogens is 3. The van der Waals surface area contributed by atoms with Crippen LogP contribution in [0.5, 0.6) is 0 Å². The van der Waals surface area contributed by atoms with E-state index in [1.807, 2.05) is 12.1 Å². The van der Waals surface area contributed by atoms with E-state index in [2.05, 4.69) is 62.3 Å². The van der Waals surface area contributed by atoms with Gasteiger partial charge in [-0.2, -0.15) is 0 Å². The van der Waals surface area contributed by atoms with E-state index in [1.54, 1.807) is 11.3 Å². The molecule has 2 aromatic rings. The summed E-state index contributed by atoms with van der Waals surface area (Å²) in [6.45, 7) is 3.01. The van der Waals surface area contributed by atoms with Gasteiger partial charge in [-0.25, -0.2) is 0 Å². The molecule has 1 aromatic heterocycles. The normalized spacial score (nSPS) is 12.7. The van der Waals surface area contributed by atoms with Gasteiger partial charge in [-0.05, 0) is 46.2 Å². The van der Waals surface area contributed by atoms with Crippen molar-refractivity contribution >= 4 is 54.8 Å². The molecule has 0 spiro atoms. The Balaban J connectivity index is 2.39. The zero-order valence-corrected chi connectivity index (χ0v) is 14.5. The van der Waals surface area contributed by atoms with E-state index in [4.69, 9.17) is 11.6 Å². The molecule has 2 rings (SSSR count). The van der Waals surface area contributed by atoms with Crippen LogP contribution >= 0.6 is 54.8 Å². The summed E-state index contributed by atoms with van der Waals surface area (Å²) >= 11 is 14.7. The highest BCUT2D eigenvalue weighted by Gasteiger charge is 2.17. The van der Waals surface area contributed by atoms with Crippen molar-refractivity contribution in [1.29, 1.82) is 0 Å². The van der Waals surface area contributed by atoms with Crippen molar-refractivity contribution in [2.45, 2.75) is 13.0 Å². The van der Waals surface area contributed by atoms with E-state index in [-0.39, 0.29) is 6.04 Å². The summed E-state index contributed by atoms with van der Waals surface area (Å²) in [6, 6.07) is 10.6. The lowest BCUT2D eigenvalue weighted by molar-refractivity contribution is 0.639. The topological polar surface area (TPSA) is 12.0 Å². The SMILES string of the molecule is CCNC(c1cccc(Br)c1)c1cc(Br)c(Cl)s1. The zero-order valence-electron chi connectivity index (χ0n) is 9.71.